The molecule has 0 amide bonds. The molecule has 1 rings (SSSR count). The van der Waals surface area contributed by atoms with E-state index in [1.807, 2.05) is 6.92 Å². The lowest BCUT2D eigenvalue weighted by Crippen LogP contribution is -2.34. The summed E-state index contributed by atoms with van der Waals surface area (Å²) < 4.78 is 40.0. The monoisotopic (exact) mass is 355 g/mol. The quantitative estimate of drug-likeness (QED) is 0.852. The maximum absolute atomic E-state index is 13.3. The Bertz CT molecular complexity index is 508. The van der Waals surface area contributed by atoms with Crippen LogP contribution in [0.25, 0.3) is 0 Å². The number of thioether (sulfide) groups is 1. The van der Waals surface area contributed by atoms with E-state index in [4.69, 9.17) is 0 Å². The van der Waals surface area contributed by atoms with Crippen molar-refractivity contribution in [3.05, 3.63) is 28.5 Å². The van der Waals surface area contributed by atoms with E-state index in [0.29, 0.717) is 5.75 Å². The van der Waals surface area contributed by atoms with E-state index in [9.17, 15) is 12.8 Å². The largest absolute Gasteiger partial charge is 0.240 e. The van der Waals surface area contributed by atoms with Crippen LogP contribution in [0.4, 0.5) is 4.39 Å². The molecule has 0 fully saturated rings. The third-order valence-corrected chi connectivity index (χ3v) is 5.50. The van der Waals surface area contributed by atoms with Crippen molar-refractivity contribution in [3.63, 3.8) is 0 Å². The molecule has 0 heterocycles. The number of halogens is 2. The van der Waals surface area contributed by atoms with Gasteiger partial charge in [-0.25, -0.2) is 17.5 Å². The molecule has 0 aliphatic carbocycles. The maximum Gasteiger partial charge on any atom is 0.240 e. The van der Waals surface area contributed by atoms with Crippen LogP contribution in [0.2, 0.25) is 0 Å². The second-order valence-corrected chi connectivity index (χ2v) is 7.64. The Morgan fingerprint density at radius 2 is 2.17 bits per heavy atom. The lowest BCUT2D eigenvalue weighted by molar-refractivity contribution is 0.567. The lowest BCUT2D eigenvalue weighted by atomic mass is 10.3. The van der Waals surface area contributed by atoms with Gasteiger partial charge in [-0.15, -0.1) is 0 Å². The molecular weight excluding hydrogens is 341 g/mol. The van der Waals surface area contributed by atoms with Crippen molar-refractivity contribution in [2.24, 2.45) is 0 Å². The van der Waals surface area contributed by atoms with Gasteiger partial charge in [-0.3, -0.25) is 0 Å². The van der Waals surface area contributed by atoms with Gasteiger partial charge in [0.2, 0.25) is 10.0 Å². The van der Waals surface area contributed by atoms with Gasteiger partial charge in [0, 0.05) is 11.8 Å². The summed E-state index contributed by atoms with van der Waals surface area (Å²) in [4.78, 5) is -0.0588. The standard InChI is InChI=1S/C11H15BrFNO2S2/c1-3-17-7-8(2)14-18(15,16)9-4-5-10(12)11(13)6-9/h4-6,8,14H,3,7H2,1-2H3. The fourth-order valence-corrected chi connectivity index (χ4v) is 3.59. The molecule has 0 radical (unpaired) electrons. The number of rotatable bonds is 6. The lowest BCUT2D eigenvalue weighted by Gasteiger charge is -2.13. The van der Waals surface area contributed by atoms with Crippen LogP contribution >= 0.6 is 27.7 Å². The minimum absolute atomic E-state index is 0.0588. The number of hydrogen-bond acceptors (Lipinski definition) is 3. The van der Waals surface area contributed by atoms with E-state index < -0.39 is 15.8 Å². The average molecular weight is 356 g/mol. The van der Waals surface area contributed by atoms with Gasteiger partial charge < -0.3 is 0 Å². The SMILES string of the molecule is CCSCC(C)NS(=O)(=O)c1ccc(Br)c(F)c1. The third-order valence-electron chi connectivity index (χ3n) is 2.13. The Morgan fingerprint density at radius 3 is 2.72 bits per heavy atom. The highest BCUT2D eigenvalue weighted by molar-refractivity contribution is 9.10. The summed E-state index contributed by atoms with van der Waals surface area (Å²) in [5.74, 6) is 1.03. The zero-order valence-electron chi connectivity index (χ0n) is 10.1. The zero-order chi connectivity index (χ0) is 13.8. The molecule has 1 N–H and O–H groups in total. The number of hydrogen-bond donors (Lipinski definition) is 1. The molecular formula is C11H15BrFNO2S2. The van der Waals surface area contributed by atoms with Gasteiger partial charge in [0.25, 0.3) is 0 Å². The van der Waals surface area contributed by atoms with Gasteiger partial charge >= 0.3 is 0 Å². The summed E-state index contributed by atoms with van der Waals surface area (Å²) in [5, 5.41) is 0. The van der Waals surface area contributed by atoms with Crippen molar-refractivity contribution < 1.29 is 12.8 Å². The summed E-state index contributed by atoms with van der Waals surface area (Å²) in [6.45, 7) is 3.80. The Morgan fingerprint density at radius 1 is 1.50 bits per heavy atom. The molecule has 0 aromatic heterocycles. The topological polar surface area (TPSA) is 46.2 Å². The fourth-order valence-electron chi connectivity index (χ4n) is 1.31. The first kappa shape index (κ1) is 15.9. The van der Waals surface area contributed by atoms with Crippen molar-refractivity contribution in [1.29, 1.82) is 0 Å². The van der Waals surface area contributed by atoms with Gasteiger partial charge in [0.1, 0.15) is 5.82 Å². The molecule has 7 heteroatoms. The maximum atomic E-state index is 13.3. The molecule has 0 saturated heterocycles. The Balaban J connectivity index is 2.83. The normalized spacial score (nSPS) is 13.6. The predicted octanol–water partition coefficient (Wildman–Crippen LogP) is 3.01. The Kier molecular flexibility index (Phi) is 6.10. The van der Waals surface area contributed by atoms with Crippen LogP contribution in [0.1, 0.15) is 13.8 Å². The Labute approximate surface area is 120 Å². The van der Waals surface area contributed by atoms with E-state index in [1.54, 1.807) is 18.7 Å². The first-order valence-electron chi connectivity index (χ1n) is 5.42. The van der Waals surface area contributed by atoms with E-state index in [0.717, 1.165) is 11.8 Å². The molecule has 3 nitrogen and oxygen atoms in total. The van der Waals surface area contributed by atoms with Gasteiger partial charge in [-0.05, 0) is 46.8 Å². The highest BCUT2D eigenvalue weighted by Crippen LogP contribution is 2.19. The molecule has 1 aromatic rings. The third kappa shape index (κ3) is 4.53. The van der Waals surface area contributed by atoms with Crippen molar-refractivity contribution in [3.8, 4) is 0 Å². The number of sulfonamides is 1. The van der Waals surface area contributed by atoms with Crippen LogP contribution in [-0.4, -0.2) is 26.0 Å². The second-order valence-electron chi connectivity index (χ2n) is 3.76. The van der Waals surface area contributed by atoms with Crippen LogP contribution in [0.3, 0.4) is 0 Å². The molecule has 102 valence electrons. The summed E-state index contributed by atoms with van der Waals surface area (Å²) in [6, 6.07) is 3.57. The van der Waals surface area contributed by atoms with E-state index in [-0.39, 0.29) is 15.4 Å². The van der Waals surface area contributed by atoms with Crippen molar-refractivity contribution in [2.75, 3.05) is 11.5 Å². The van der Waals surface area contributed by atoms with Crippen LogP contribution in [0.5, 0.6) is 0 Å². The molecule has 0 bridgehead atoms. The van der Waals surface area contributed by atoms with E-state index >= 15 is 0 Å². The molecule has 0 aliphatic rings. The smallest absolute Gasteiger partial charge is 0.208 e. The van der Waals surface area contributed by atoms with E-state index in [2.05, 4.69) is 20.7 Å². The van der Waals surface area contributed by atoms with Crippen LogP contribution < -0.4 is 4.72 Å². The highest BCUT2D eigenvalue weighted by Gasteiger charge is 2.18. The van der Waals surface area contributed by atoms with Crippen LogP contribution in [-0.2, 0) is 10.0 Å². The molecule has 1 atom stereocenters. The molecule has 0 aliphatic heterocycles. The zero-order valence-corrected chi connectivity index (χ0v) is 13.3. The van der Waals surface area contributed by atoms with Gasteiger partial charge in [0.05, 0.1) is 9.37 Å². The molecule has 1 unspecified atom stereocenters. The molecule has 0 saturated carbocycles. The van der Waals surface area contributed by atoms with Gasteiger partial charge in [-0.1, -0.05) is 6.92 Å². The minimum Gasteiger partial charge on any atom is -0.208 e. The minimum atomic E-state index is -3.65. The number of nitrogens with one attached hydrogen (secondary N) is 1. The Hall–Kier alpha value is -0.110. The fraction of sp³-hybridized carbons (Fsp3) is 0.455. The predicted molar refractivity (Wildman–Crippen MR) is 76.9 cm³/mol. The number of benzene rings is 1. The molecule has 18 heavy (non-hydrogen) atoms. The first-order chi connectivity index (χ1) is 8.36. The summed E-state index contributed by atoms with van der Waals surface area (Å²) >= 11 is 4.64. The summed E-state index contributed by atoms with van der Waals surface area (Å²) in [5.41, 5.74) is 0. The second kappa shape index (κ2) is 6.88. The van der Waals surface area contributed by atoms with Gasteiger partial charge in [-0.2, -0.15) is 11.8 Å². The van der Waals surface area contributed by atoms with E-state index in [1.165, 1.54) is 12.1 Å². The van der Waals surface area contributed by atoms with Gasteiger partial charge in [0.15, 0.2) is 0 Å². The first-order valence-corrected chi connectivity index (χ1v) is 8.85. The van der Waals surface area contributed by atoms with Crippen LogP contribution in [0, 0.1) is 5.82 Å². The summed E-state index contributed by atoms with van der Waals surface area (Å²) in [6.07, 6.45) is 0. The van der Waals surface area contributed by atoms with Crippen molar-refractivity contribution in [1.82, 2.24) is 4.72 Å². The summed E-state index contributed by atoms with van der Waals surface area (Å²) in [7, 11) is -3.65. The van der Waals surface area contributed by atoms with Crippen molar-refractivity contribution in [2.45, 2.75) is 24.8 Å². The molecule has 1 aromatic carbocycles. The van der Waals surface area contributed by atoms with Crippen molar-refractivity contribution >= 4 is 37.7 Å². The molecule has 0 spiro atoms. The highest BCUT2D eigenvalue weighted by atomic mass is 79.9. The van der Waals surface area contributed by atoms with Crippen LogP contribution in [0.15, 0.2) is 27.6 Å². The average Bonchev–Trinajstić information content (AvgIpc) is 2.29.